The summed E-state index contributed by atoms with van der Waals surface area (Å²) in [6.45, 7) is 8.95. The zero-order chi connectivity index (χ0) is 19.6. The van der Waals surface area contributed by atoms with Gasteiger partial charge in [0.2, 0.25) is 17.7 Å². The van der Waals surface area contributed by atoms with Crippen LogP contribution in [0.4, 0.5) is 5.69 Å². The van der Waals surface area contributed by atoms with Crippen LogP contribution in [0.25, 0.3) is 0 Å². The standard InChI is InChI=1S/C20H26N4O3/c1-5-15-9-7-8-13(3)19(15)24-11-16(10-18(24)25)20(26)23(6-2)12-17-21-14(4)27-22-17/h7-9,16H,5-6,10-12H2,1-4H3. The van der Waals surface area contributed by atoms with Crippen LogP contribution in [-0.4, -0.2) is 39.9 Å². The number of carbonyl (C=O) groups excluding carboxylic acids is 2. The van der Waals surface area contributed by atoms with Crippen LogP contribution in [0.1, 0.15) is 43.1 Å². The highest BCUT2D eigenvalue weighted by Crippen LogP contribution is 2.32. The number of aryl methyl sites for hydroxylation is 3. The Labute approximate surface area is 159 Å². The molecule has 1 saturated heterocycles. The molecule has 0 bridgehead atoms. The van der Waals surface area contributed by atoms with E-state index in [1.165, 1.54) is 0 Å². The Hall–Kier alpha value is -2.70. The number of benzene rings is 1. The molecule has 0 radical (unpaired) electrons. The van der Waals surface area contributed by atoms with Crippen molar-refractivity contribution in [3.63, 3.8) is 0 Å². The Kier molecular flexibility index (Phi) is 5.58. The molecule has 2 aromatic rings. The fraction of sp³-hybridized carbons (Fsp3) is 0.500. The first-order valence-electron chi connectivity index (χ1n) is 9.41. The fourth-order valence-corrected chi connectivity index (χ4v) is 3.66. The molecule has 1 aromatic carbocycles. The average Bonchev–Trinajstić information content (AvgIpc) is 3.24. The van der Waals surface area contributed by atoms with Gasteiger partial charge >= 0.3 is 0 Å². The molecule has 27 heavy (non-hydrogen) atoms. The minimum atomic E-state index is -0.352. The molecular weight excluding hydrogens is 344 g/mol. The molecule has 1 fully saturated rings. The predicted octanol–water partition coefficient (Wildman–Crippen LogP) is 2.65. The van der Waals surface area contributed by atoms with Gasteiger partial charge in [0.1, 0.15) is 0 Å². The third-order valence-corrected chi connectivity index (χ3v) is 5.04. The molecule has 0 aliphatic carbocycles. The maximum absolute atomic E-state index is 13.0. The highest BCUT2D eigenvalue weighted by Gasteiger charge is 2.38. The van der Waals surface area contributed by atoms with Crippen LogP contribution in [0.15, 0.2) is 22.7 Å². The van der Waals surface area contributed by atoms with Crippen LogP contribution in [0.5, 0.6) is 0 Å². The topological polar surface area (TPSA) is 79.5 Å². The van der Waals surface area contributed by atoms with Crippen LogP contribution < -0.4 is 4.90 Å². The fourth-order valence-electron chi connectivity index (χ4n) is 3.66. The highest BCUT2D eigenvalue weighted by atomic mass is 16.5. The summed E-state index contributed by atoms with van der Waals surface area (Å²) in [5.74, 6) is 0.569. The van der Waals surface area contributed by atoms with E-state index in [0.717, 1.165) is 23.2 Å². The van der Waals surface area contributed by atoms with Gasteiger partial charge in [0.05, 0.1) is 12.5 Å². The van der Waals surface area contributed by atoms with Gasteiger partial charge in [-0.25, -0.2) is 0 Å². The van der Waals surface area contributed by atoms with Gasteiger partial charge in [-0.05, 0) is 31.4 Å². The molecule has 1 atom stereocenters. The zero-order valence-electron chi connectivity index (χ0n) is 16.4. The van der Waals surface area contributed by atoms with Crippen LogP contribution in [-0.2, 0) is 22.6 Å². The summed E-state index contributed by atoms with van der Waals surface area (Å²) in [5.41, 5.74) is 3.15. The molecule has 1 aliphatic heterocycles. The molecule has 0 saturated carbocycles. The number of aromatic nitrogens is 2. The minimum Gasteiger partial charge on any atom is -0.340 e. The Morgan fingerprint density at radius 2 is 2.11 bits per heavy atom. The van der Waals surface area contributed by atoms with Gasteiger partial charge in [0, 0.05) is 32.1 Å². The number of amides is 2. The molecule has 2 heterocycles. The van der Waals surface area contributed by atoms with E-state index >= 15 is 0 Å². The van der Waals surface area contributed by atoms with E-state index in [4.69, 9.17) is 4.52 Å². The van der Waals surface area contributed by atoms with Gasteiger partial charge in [0.25, 0.3) is 0 Å². The monoisotopic (exact) mass is 370 g/mol. The average molecular weight is 370 g/mol. The lowest BCUT2D eigenvalue weighted by molar-refractivity contribution is -0.136. The quantitative estimate of drug-likeness (QED) is 0.781. The molecule has 1 aliphatic rings. The van der Waals surface area contributed by atoms with Crippen LogP contribution in [0.2, 0.25) is 0 Å². The summed E-state index contributed by atoms with van der Waals surface area (Å²) in [4.78, 5) is 33.3. The SMILES string of the molecule is CCc1cccc(C)c1N1CC(C(=O)N(CC)Cc2noc(C)n2)CC1=O. The first-order valence-corrected chi connectivity index (χ1v) is 9.41. The third kappa shape index (κ3) is 3.86. The summed E-state index contributed by atoms with van der Waals surface area (Å²) in [5, 5.41) is 3.87. The molecule has 7 nitrogen and oxygen atoms in total. The number of anilines is 1. The second-order valence-electron chi connectivity index (χ2n) is 6.92. The van der Waals surface area contributed by atoms with Crippen LogP contribution >= 0.6 is 0 Å². The summed E-state index contributed by atoms with van der Waals surface area (Å²) in [6.07, 6.45) is 1.08. The minimum absolute atomic E-state index is 0.00353. The van der Waals surface area contributed by atoms with E-state index in [-0.39, 0.29) is 24.2 Å². The summed E-state index contributed by atoms with van der Waals surface area (Å²) >= 11 is 0. The Balaban J connectivity index is 1.77. The Morgan fingerprint density at radius 3 is 2.74 bits per heavy atom. The maximum Gasteiger partial charge on any atom is 0.228 e. The summed E-state index contributed by atoms with van der Waals surface area (Å²) < 4.78 is 4.98. The molecule has 3 rings (SSSR count). The Morgan fingerprint density at radius 1 is 1.33 bits per heavy atom. The number of para-hydroxylation sites is 1. The van der Waals surface area contributed by atoms with Crippen LogP contribution in [0.3, 0.4) is 0 Å². The number of hydrogen-bond donors (Lipinski definition) is 0. The van der Waals surface area contributed by atoms with Crippen molar-refractivity contribution in [3.05, 3.63) is 41.0 Å². The first-order chi connectivity index (χ1) is 12.9. The lowest BCUT2D eigenvalue weighted by atomic mass is 10.0. The zero-order valence-corrected chi connectivity index (χ0v) is 16.4. The summed E-state index contributed by atoms with van der Waals surface area (Å²) in [6, 6.07) is 6.06. The molecule has 1 unspecified atom stereocenters. The molecular formula is C20H26N4O3. The van der Waals surface area contributed by atoms with Crippen molar-refractivity contribution in [1.82, 2.24) is 15.0 Å². The second kappa shape index (κ2) is 7.90. The first kappa shape index (κ1) is 19.1. The maximum atomic E-state index is 13.0. The van der Waals surface area contributed by atoms with Crippen molar-refractivity contribution < 1.29 is 14.1 Å². The smallest absolute Gasteiger partial charge is 0.228 e. The van der Waals surface area contributed by atoms with Gasteiger partial charge in [-0.3, -0.25) is 9.59 Å². The third-order valence-electron chi connectivity index (χ3n) is 5.04. The largest absolute Gasteiger partial charge is 0.340 e. The number of carbonyl (C=O) groups is 2. The van der Waals surface area contributed by atoms with Crippen molar-refractivity contribution in [2.75, 3.05) is 18.0 Å². The lowest BCUT2D eigenvalue weighted by Gasteiger charge is -2.24. The van der Waals surface area contributed by atoms with Crippen molar-refractivity contribution in [2.24, 2.45) is 5.92 Å². The molecule has 0 N–H and O–H groups in total. The van der Waals surface area contributed by atoms with E-state index in [1.54, 1.807) is 16.7 Å². The summed E-state index contributed by atoms with van der Waals surface area (Å²) in [7, 11) is 0. The number of hydrogen-bond acceptors (Lipinski definition) is 5. The van der Waals surface area contributed by atoms with Gasteiger partial charge < -0.3 is 14.3 Å². The van der Waals surface area contributed by atoms with Gasteiger partial charge in [-0.1, -0.05) is 30.3 Å². The highest BCUT2D eigenvalue weighted by molar-refractivity contribution is 6.01. The number of rotatable bonds is 6. The normalized spacial score (nSPS) is 16.8. The number of nitrogens with zero attached hydrogens (tertiary/aromatic N) is 4. The van der Waals surface area contributed by atoms with E-state index in [9.17, 15) is 9.59 Å². The van der Waals surface area contributed by atoms with Crippen molar-refractivity contribution in [2.45, 2.75) is 47.1 Å². The van der Waals surface area contributed by atoms with Crippen molar-refractivity contribution in [1.29, 1.82) is 0 Å². The van der Waals surface area contributed by atoms with Gasteiger partial charge in [-0.15, -0.1) is 0 Å². The van der Waals surface area contributed by atoms with Crippen molar-refractivity contribution in [3.8, 4) is 0 Å². The second-order valence-corrected chi connectivity index (χ2v) is 6.92. The molecule has 7 heteroatoms. The Bertz CT molecular complexity index is 846. The molecule has 1 aromatic heterocycles. The van der Waals surface area contributed by atoms with Gasteiger partial charge in [0.15, 0.2) is 5.82 Å². The lowest BCUT2D eigenvalue weighted by Crippen LogP contribution is -2.37. The van der Waals surface area contributed by atoms with Gasteiger partial charge in [-0.2, -0.15) is 4.98 Å². The van der Waals surface area contributed by atoms with E-state index < -0.39 is 0 Å². The van der Waals surface area contributed by atoms with Crippen LogP contribution in [0, 0.1) is 19.8 Å². The van der Waals surface area contributed by atoms with Crippen molar-refractivity contribution >= 4 is 17.5 Å². The molecule has 0 spiro atoms. The predicted molar refractivity (Wildman–Crippen MR) is 101 cm³/mol. The van der Waals surface area contributed by atoms with E-state index in [2.05, 4.69) is 17.1 Å². The van der Waals surface area contributed by atoms with E-state index in [0.29, 0.717) is 31.3 Å². The molecule has 2 amide bonds. The van der Waals surface area contributed by atoms with E-state index in [1.807, 2.05) is 32.0 Å². The molecule has 144 valence electrons.